The van der Waals surface area contributed by atoms with Gasteiger partial charge >= 0.3 is 0 Å². The van der Waals surface area contributed by atoms with Crippen molar-refractivity contribution in [1.82, 2.24) is 25.5 Å². The number of nitrogens with one attached hydrogen (secondary N) is 1. The maximum atomic E-state index is 4.04. The Balaban J connectivity index is 2.20. The van der Waals surface area contributed by atoms with Gasteiger partial charge in [0.1, 0.15) is 0 Å². The lowest BCUT2D eigenvalue weighted by molar-refractivity contribution is 0.507. The molecule has 1 aromatic rings. The van der Waals surface area contributed by atoms with Gasteiger partial charge in [0.25, 0.3) is 0 Å². The van der Waals surface area contributed by atoms with E-state index in [-0.39, 0.29) is 0 Å². The topological polar surface area (TPSA) is 55.6 Å². The monoisotopic (exact) mass is 257 g/mol. The number of thioether (sulfide) groups is 1. The number of hydrogen-bond donors (Lipinski definition) is 1. The Kier molecular flexibility index (Phi) is 8.00. The first-order chi connectivity index (χ1) is 8.38. The molecule has 0 saturated carbocycles. The van der Waals surface area contributed by atoms with Crippen LogP contribution in [0.15, 0.2) is 0 Å². The third-order valence-electron chi connectivity index (χ3n) is 2.53. The van der Waals surface area contributed by atoms with Gasteiger partial charge in [-0.2, -0.15) is 11.8 Å². The molecule has 6 heteroatoms. The van der Waals surface area contributed by atoms with E-state index in [0.717, 1.165) is 38.3 Å². The van der Waals surface area contributed by atoms with Gasteiger partial charge < -0.3 is 5.32 Å². The first-order valence-electron chi connectivity index (χ1n) is 6.33. The molecule has 98 valence electrons. The maximum absolute atomic E-state index is 4.04. The molecule has 17 heavy (non-hydrogen) atoms. The minimum Gasteiger partial charge on any atom is -0.310 e. The van der Waals surface area contributed by atoms with Gasteiger partial charge in [0.05, 0.1) is 6.54 Å². The predicted molar refractivity (Wildman–Crippen MR) is 72.0 cm³/mol. The molecule has 0 aliphatic carbocycles. The third kappa shape index (κ3) is 6.02. The Morgan fingerprint density at radius 2 is 2.18 bits per heavy atom. The average Bonchev–Trinajstić information content (AvgIpc) is 2.77. The molecule has 0 saturated heterocycles. The molecular weight excluding hydrogens is 234 g/mol. The summed E-state index contributed by atoms with van der Waals surface area (Å²) in [4.78, 5) is 0. The zero-order valence-corrected chi connectivity index (χ0v) is 11.7. The Labute approximate surface area is 108 Å². The molecule has 1 aromatic heterocycles. The lowest BCUT2D eigenvalue weighted by atomic mass is 10.2. The first-order valence-corrected chi connectivity index (χ1v) is 7.72. The number of hydrogen-bond acceptors (Lipinski definition) is 5. The first kappa shape index (κ1) is 14.4. The molecule has 0 unspecified atom stereocenters. The SMILES string of the molecule is CCCNCc1nnnn1CCCCCSC. The number of nitrogens with zero attached hydrogens (tertiary/aromatic N) is 4. The summed E-state index contributed by atoms with van der Waals surface area (Å²) < 4.78 is 1.92. The third-order valence-corrected chi connectivity index (χ3v) is 3.23. The van der Waals surface area contributed by atoms with Crippen LogP contribution >= 0.6 is 11.8 Å². The van der Waals surface area contributed by atoms with Crippen molar-refractivity contribution >= 4 is 11.8 Å². The van der Waals surface area contributed by atoms with E-state index in [2.05, 4.69) is 34.0 Å². The van der Waals surface area contributed by atoms with Crippen LogP contribution in [0.4, 0.5) is 0 Å². The number of unbranched alkanes of at least 4 members (excludes halogenated alkanes) is 2. The molecule has 0 aromatic carbocycles. The average molecular weight is 257 g/mol. The van der Waals surface area contributed by atoms with Crippen LogP contribution in [0.1, 0.15) is 38.4 Å². The fraction of sp³-hybridized carbons (Fsp3) is 0.909. The lowest BCUT2D eigenvalue weighted by Crippen LogP contribution is -2.18. The molecule has 1 rings (SSSR count). The van der Waals surface area contributed by atoms with Crippen molar-refractivity contribution in [3.8, 4) is 0 Å². The number of tetrazole rings is 1. The van der Waals surface area contributed by atoms with Crippen LogP contribution < -0.4 is 5.32 Å². The predicted octanol–water partition coefficient (Wildman–Crippen LogP) is 1.71. The zero-order valence-electron chi connectivity index (χ0n) is 10.9. The molecule has 0 atom stereocenters. The molecule has 0 aliphatic heterocycles. The van der Waals surface area contributed by atoms with Crippen molar-refractivity contribution in [2.45, 2.75) is 45.7 Å². The molecule has 1 heterocycles. The van der Waals surface area contributed by atoms with Gasteiger partial charge in [0, 0.05) is 6.54 Å². The quantitative estimate of drug-likeness (QED) is 0.647. The van der Waals surface area contributed by atoms with Crippen molar-refractivity contribution in [2.24, 2.45) is 0 Å². The molecule has 5 nitrogen and oxygen atoms in total. The van der Waals surface area contributed by atoms with E-state index >= 15 is 0 Å². The van der Waals surface area contributed by atoms with E-state index in [4.69, 9.17) is 0 Å². The van der Waals surface area contributed by atoms with Crippen molar-refractivity contribution in [2.75, 3.05) is 18.6 Å². The Morgan fingerprint density at radius 1 is 1.29 bits per heavy atom. The van der Waals surface area contributed by atoms with Crippen LogP contribution in [-0.4, -0.2) is 38.8 Å². The summed E-state index contributed by atoms with van der Waals surface area (Å²) in [5, 5.41) is 15.1. The summed E-state index contributed by atoms with van der Waals surface area (Å²) >= 11 is 1.91. The molecule has 0 radical (unpaired) electrons. The molecule has 0 fully saturated rings. The van der Waals surface area contributed by atoms with E-state index in [1.807, 2.05) is 16.4 Å². The molecular formula is C11H23N5S. The minimum atomic E-state index is 0.769. The van der Waals surface area contributed by atoms with Crippen molar-refractivity contribution in [3.05, 3.63) is 5.82 Å². The molecule has 0 spiro atoms. The van der Waals surface area contributed by atoms with Gasteiger partial charge in [-0.15, -0.1) is 5.10 Å². The summed E-state index contributed by atoms with van der Waals surface area (Å²) in [6.07, 6.45) is 6.98. The van der Waals surface area contributed by atoms with E-state index < -0.39 is 0 Å². The summed E-state index contributed by atoms with van der Waals surface area (Å²) in [7, 11) is 0. The van der Waals surface area contributed by atoms with Crippen molar-refractivity contribution < 1.29 is 0 Å². The molecule has 0 aliphatic rings. The highest BCUT2D eigenvalue weighted by molar-refractivity contribution is 7.98. The Hall–Kier alpha value is -0.620. The second-order valence-electron chi connectivity index (χ2n) is 4.05. The van der Waals surface area contributed by atoms with Crippen LogP contribution in [0.3, 0.4) is 0 Å². The summed E-state index contributed by atoms with van der Waals surface area (Å²) in [5.74, 6) is 2.20. The lowest BCUT2D eigenvalue weighted by Gasteiger charge is -2.05. The van der Waals surface area contributed by atoms with Gasteiger partial charge in [0.15, 0.2) is 5.82 Å². The van der Waals surface area contributed by atoms with Crippen molar-refractivity contribution in [1.29, 1.82) is 0 Å². The normalized spacial score (nSPS) is 10.9. The highest BCUT2D eigenvalue weighted by Crippen LogP contribution is 2.04. The highest BCUT2D eigenvalue weighted by atomic mass is 32.2. The molecule has 0 amide bonds. The largest absolute Gasteiger partial charge is 0.310 e. The van der Waals surface area contributed by atoms with Crippen LogP contribution in [-0.2, 0) is 13.1 Å². The minimum absolute atomic E-state index is 0.769. The Morgan fingerprint density at radius 3 is 2.94 bits per heavy atom. The fourth-order valence-electron chi connectivity index (χ4n) is 1.59. The van der Waals surface area contributed by atoms with Crippen molar-refractivity contribution in [3.63, 3.8) is 0 Å². The van der Waals surface area contributed by atoms with Gasteiger partial charge in [-0.3, -0.25) is 0 Å². The number of aryl methyl sites for hydroxylation is 1. The van der Waals surface area contributed by atoms with Gasteiger partial charge in [-0.05, 0) is 48.2 Å². The van der Waals surface area contributed by atoms with Crippen LogP contribution in [0, 0.1) is 0 Å². The summed E-state index contributed by atoms with van der Waals surface area (Å²) in [6.45, 7) is 4.87. The van der Waals surface area contributed by atoms with E-state index in [0.29, 0.717) is 0 Å². The van der Waals surface area contributed by atoms with E-state index in [9.17, 15) is 0 Å². The van der Waals surface area contributed by atoms with Gasteiger partial charge in [-0.25, -0.2) is 4.68 Å². The van der Waals surface area contributed by atoms with E-state index in [1.54, 1.807) is 0 Å². The van der Waals surface area contributed by atoms with E-state index in [1.165, 1.54) is 18.6 Å². The molecule has 1 N–H and O–H groups in total. The second-order valence-corrected chi connectivity index (χ2v) is 5.03. The zero-order chi connectivity index (χ0) is 12.3. The standard InChI is InChI=1S/C11H23N5S/c1-3-7-12-10-11-13-14-15-16(11)8-5-4-6-9-17-2/h12H,3-10H2,1-2H3. The van der Waals surface area contributed by atoms with Gasteiger partial charge in [-0.1, -0.05) is 13.3 Å². The number of aromatic nitrogens is 4. The Bertz CT molecular complexity index is 289. The van der Waals surface area contributed by atoms with Crippen LogP contribution in [0.25, 0.3) is 0 Å². The fourth-order valence-corrected chi connectivity index (χ4v) is 2.08. The maximum Gasteiger partial charge on any atom is 0.165 e. The smallest absolute Gasteiger partial charge is 0.165 e. The van der Waals surface area contributed by atoms with Crippen LogP contribution in [0.2, 0.25) is 0 Å². The van der Waals surface area contributed by atoms with Gasteiger partial charge in [0.2, 0.25) is 0 Å². The number of rotatable bonds is 10. The van der Waals surface area contributed by atoms with Crippen LogP contribution in [0.5, 0.6) is 0 Å². The molecule has 0 bridgehead atoms. The second kappa shape index (κ2) is 9.41. The summed E-state index contributed by atoms with van der Waals surface area (Å²) in [6, 6.07) is 0. The summed E-state index contributed by atoms with van der Waals surface area (Å²) in [5.41, 5.74) is 0. The highest BCUT2D eigenvalue weighted by Gasteiger charge is 2.04.